The fourth-order valence-corrected chi connectivity index (χ4v) is 2.79. The Morgan fingerprint density at radius 1 is 1.18 bits per heavy atom. The van der Waals surface area contributed by atoms with Gasteiger partial charge in [0.05, 0.1) is 0 Å². The molecule has 100 valence electrons. The van der Waals surface area contributed by atoms with Crippen LogP contribution in [0.3, 0.4) is 0 Å². The molecule has 1 heteroatoms. The second-order valence-corrected chi connectivity index (χ2v) is 7.21. The molecule has 17 heavy (non-hydrogen) atoms. The summed E-state index contributed by atoms with van der Waals surface area (Å²) >= 11 is 0. The highest BCUT2D eigenvalue weighted by Gasteiger charge is 2.30. The second kappa shape index (κ2) is 5.93. The lowest BCUT2D eigenvalue weighted by Crippen LogP contribution is -2.30. The maximum absolute atomic E-state index is 4.23. The molecule has 1 nitrogen and oxygen atoms in total. The van der Waals surface area contributed by atoms with Crippen LogP contribution in [0, 0.1) is 23.2 Å². The summed E-state index contributed by atoms with van der Waals surface area (Å²) in [6, 6.07) is 0. The minimum absolute atomic E-state index is 0.484. The Balaban J connectivity index is 2.34. The third kappa shape index (κ3) is 4.73. The van der Waals surface area contributed by atoms with Gasteiger partial charge in [-0.1, -0.05) is 41.2 Å². The van der Waals surface area contributed by atoms with Gasteiger partial charge in [0.15, 0.2) is 0 Å². The van der Waals surface area contributed by atoms with Crippen LogP contribution < -0.4 is 5.32 Å². The van der Waals surface area contributed by atoms with Gasteiger partial charge in [-0.25, -0.2) is 0 Å². The average molecular weight is 237 g/mol. The van der Waals surface area contributed by atoms with Gasteiger partial charge in [0.2, 0.25) is 0 Å². The predicted octanol–water partition coefficient (Wildman–Crippen LogP) is 4.60. The highest BCUT2D eigenvalue weighted by molar-refractivity contribution is 5.00. The summed E-state index contributed by atoms with van der Waals surface area (Å²) in [7, 11) is 0. The van der Waals surface area contributed by atoms with Crippen molar-refractivity contribution >= 4 is 0 Å². The average Bonchev–Trinajstić information content (AvgIpc) is 2.25. The first-order chi connectivity index (χ1) is 7.80. The summed E-state index contributed by atoms with van der Waals surface area (Å²) in [5.74, 6) is 2.32. The molecule has 0 amide bonds. The van der Waals surface area contributed by atoms with Crippen molar-refractivity contribution in [1.82, 2.24) is 5.32 Å². The molecule has 1 rings (SSSR count). The first-order valence-corrected chi connectivity index (χ1v) is 7.23. The quantitative estimate of drug-likeness (QED) is 0.753. The van der Waals surface area contributed by atoms with Crippen LogP contribution in [0.25, 0.3) is 0 Å². The van der Waals surface area contributed by atoms with E-state index >= 15 is 0 Å². The van der Waals surface area contributed by atoms with E-state index in [1.165, 1.54) is 31.4 Å². The Morgan fingerprint density at radius 3 is 2.12 bits per heavy atom. The standard InChI is InChI=1S/C16H31N/c1-12(2)11-17-13(3)14-7-9-15(10-8-14)16(4,5)6/h12,14-15,17H,3,7-11H2,1-2,4-6H3. The summed E-state index contributed by atoms with van der Waals surface area (Å²) in [6.07, 6.45) is 5.39. The number of hydrogen-bond donors (Lipinski definition) is 1. The maximum Gasteiger partial charge on any atom is 0.0166 e. The summed E-state index contributed by atoms with van der Waals surface area (Å²) in [6.45, 7) is 16.9. The third-order valence-corrected chi connectivity index (χ3v) is 4.18. The molecule has 1 aliphatic rings. The normalized spacial score (nSPS) is 26.0. The monoisotopic (exact) mass is 237 g/mol. The highest BCUT2D eigenvalue weighted by Crippen LogP contribution is 2.41. The van der Waals surface area contributed by atoms with Crippen molar-refractivity contribution < 1.29 is 0 Å². The van der Waals surface area contributed by atoms with E-state index in [-0.39, 0.29) is 0 Å². The van der Waals surface area contributed by atoms with Crippen LogP contribution in [0.15, 0.2) is 12.3 Å². The molecule has 0 aromatic heterocycles. The molecule has 0 aliphatic heterocycles. The van der Waals surface area contributed by atoms with Crippen LogP contribution in [0.1, 0.15) is 60.3 Å². The van der Waals surface area contributed by atoms with Crippen molar-refractivity contribution in [3.8, 4) is 0 Å². The van der Waals surface area contributed by atoms with E-state index < -0.39 is 0 Å². The van der Waals surface area contributed by atoms with E-state index in [0.717, 1.165) is 12.5 Å². The molecule has 1 aliphatic carbocycles. The molecule has 0 bridgehead atoms. The minimum atomic E-state index is 0.484. The zero-order valence-electron chi connectivity index (χ0n) is 12.5. The van der Waals surface area contributed by atoms with E-state index in [1.54, 1.807) is 0 Å². The molecule has 0 unspecified atom stereocenters. The molecule has 0 saturated heterocycles. The van der Waals surface area contributed by atoms with Crippen LogP contribution in [0.2, 0.25) is 0 Å². The zero-order chi connectivity index (χ0) is 13.1. The molecule has 0 radical (unpaired) electrons. The van der Waals surface area contributed by atoms with Gasteiger partial charge >= 0.3 is 0 Å². The molecule has 0 aromatic rings. The van der Waals surface area contributed by atoms with Gasteiger partial charge in [-0.05, 0) is 48.9 Å². The topological polar surface area (TPSA) is 12.0 Å². The summed E-state index contributed by atoms with van der Waals surface area (Å²) in [5, 5.41) is 3.51. The van der Waals surface area contributed by atoms with Crippen molar-refractivity contribution in [1.29, 1.82) is 0 Å². The Kier molecular flexibility index (Phi) is 5.09. The van der Waals surface area contributed by atoms with Crippen molar-refractivity contribution in [2.24, 2.45) is 23.2 Å². The lowest BCUT2D eigenvalue weighted by Gasteiger charge is -2.37. The molecule has 0 atom stereocenters. The lowest BCUT2D eigenvalue weighted by atomic mass is 9.69. The Hall–Kier alpha value is -0.460. The predicted molar refractivity (Wildman–Crippen MR) is 76.9 cm³/mol. The molecule has 0 heterocycles. The molecule has 0 spiro atoms. The SMILES string of the molecule is C=C(NCC(C)C)C1CCC(C(C)(C)C)CC1. The molecule has 1 fully saturated rings. The van der Waals surface area contributed by atoms with Gasteiger partial charge in [0, 0.05) is 12.2 Å². The lowest BCUT2D eigenvalue weighted by molar-refractivity contribution is 0.158. The van der Waals surface area contributed by atoms with Crippen molar-refractivity contribution in [3.63, 3.8) is 0 Å². The van der Waals surface area contributed by atoms with Crippen molar-refractivity contribution in [2.75, 3.05) is 6.54 Å². The van der Waals surface area contributed by atoms with Crippen LogP contribution in [-0.4, -0.2) is 6.54 Å². The fourth-order valence-electron chi connectivity index (χ4n) is 2.79. The van der Waals surface area contributed by atoms with E-state index in [4.69, 9.17) is 0 Å². The Morgan fingerprint density at radius 2 is 1.71 bits per heavy atom. The number of allylic oxidation sites excluding steroid dienone is 1. The summed E-state index contributed by atoms with van der Waals surface area (Å²) in [5.41, 5.74) is 1.77. The third-order valence-electron chi connectivity index (χ3n) is 4.18. The van der Waals surface area contributed by atoms with Crippen LogP contribution in [-0.2, 0) is 0 Å². The fraction of sp³-hybridized carbons (Fsp3) is 0.875. The number of rotatable bonds is 4. The summed E-state index contributed by atoms with van der Waals surface area (Å²) < 4.78 is 0. The van der Waals surface area contributed by atoms with Gasteiger partial charge < -0.3 is 5.32 Å². The summed E-state index contributed by atoms with van der Waals surface area (Å²) in [4.78, 5) is 0. The Bertz CT molecular complexity index is 239. The van der Waals surface area contributed by atoms with Gasteiger partial charge in [-0.3, -0.25) is 0 Å². The maximum atomic E-state index is 4.23. The second-order valence-electron chi connectivity index (χ2n) is 7.21. The van der Waals surface area contributed by atoms with Gasteiger partial charge in [-0.2, -0.15) is 0 Å². The molecule has 1 N–H and O–H groups in total. The van der Waals surface area contributed by atoms with Crippen LogP contribution >= 0.6 is 0 Å². The van der Waals surface area contributed by atoms with Gasteiger partial charge in [0.1, 0.15) is 0 Å². The number of nitrogens with one attached hydrogen (secondary N) is 1. The van der Waals surface area contributed by atoms with E-state index in [0.29, 0.717) is 17.3 Å². The van der Waals surface area contributed by atoms with Crippen LogP contribution in [0.5, 0.6) is 0 Å². The van der Waals surface area contributed by atoms with Gasteiger partial charge in [0.25, 0.3) is 0 Å². The number of hydrogen-bond acceptors (Lipinski definition) is 1. The smallest absolute Gasteiger partial charge is 0.0166 e. The molecular formula is C16H31N. The minimum Gasteiger partial charge on any atom is -0.388 e. The zero-order valence-corrected chi connectivity index (χ0v) is 12.5. The van der Waals surface area contributed by atoms with Gasteiger partial charge in [-0.15, -0.1) is 0 Å². The highest BCUT2D eigenvalue weighted by atomic mass is 14.9. The molecule has 0 aromatic carbocycles. The van der Waals surface area contributed by atoms with E-state index in [2.05, 4.69) is 46.5 Å². The van der Waals surface area contributed by atoms with Crippen molar-refractivity contribution in [2.45, 2.75) is 60.3 Å². The van der Waals surface area contributed by atoms with Crippen molar-refractivity contribution in [3.05, 3.63) is 12.3 Å². The van der Waals surface area contributed by atoms with E-state index in [1.807, 2.05) is 0 Å². The van der Waals surface area contributed by atoms with E-state index in [9.17, 15) is 0 Å². The Labute approximate surface area is 108 Å². The molecular weight excluding hydrogens is 206 g/mol. The van der Waals surface area contributed by atoms with Crippen LogP contribution in [0.4, 0.5) is 0 Å². The molecule has 1 saturated carbocycles. The first-order valence-electron chi connectivity index (χ1n) is 7.23. The first kappa shape index (κ1) is 14.6. The largest absolute Gasteiger partial charge is 0.388 e.